The molecule has 1 atom stereocenters. The summed E-state index contributed by atoms with van der Waals surface area (Å²) in [6.07, 6.45) is 0.844. The second-order valence-electron chi connectivity index (χ2n) is 5.21. The molecule has 0 fully saturated rings. The topological polar surface area (TPSA) is 21.3 Å². The minimum Gasteiger partial charge on any atom is -0.384 e. The van der Waals surface area contributed by atoms with Crippen molar-refractivity contribution in [3.8, 4) is 0 Å². The monoisotopic (exact) mass is 253 g/mol. The Labute approximate surface area is 110 Å². The maximum absolute atomic E-state index is 13.1. The molecule has 1 rings (SSSR count). The zero-order valence-corrected chi connectivity index (χ0v) is 11.6. The lowest BCUT2D eigenvalue weighted by molar-refractivity contribution is 0.150. The van der Waals surface area contributed by atoms with Crippen molar-refractivity contribution < 1.29 is 9.13 Å². The van der Waals surface area contributed by atoms with Gasteiger partial charge in [0.1, 0.15) is 5.82 Å². The molecule has 18 heavy (non-hydrogen) atoms. The van der Waals surface area contributed by atoms with Gasteiger partial charge in [-0.25, -0.2) is 4.39 Å². The van der Waals surface area contributed by atoms with Gasteiger partial charge in [-0.15, -0.1) is 0 Å². The number of halogens is 1. The lowest BCUT2D eigenvalue weighted by Crippen LogP contribution is -2.30. The number of hydrogen-bond donors (Lipinski definition) is 1. The fourth-order valence-corrected chi connectivity index (χ4v) is 2.00. The number of benzene rings is 1. The van der Waals surface area contributed by atoms with Gasteiger partial charge in [0, 0.05) is 13.7 Å². The molecular weight excluding hydrogens is 229 g/mol. The molecule has 3 heteroatoms. The molecule has 2 nitrogen and oxygen atoms in total. The van der Waals surface area contributed by atoms with Crippen molar-refractivity contribution in [3.05, 3.63) is 35.6 Å². The molecule has 0 aromatic heterocycles. The van der Waals surface area contributed by atoms with E-state index in [-0.39, 0.29) is 5.82 Å². The van der Waals surface area contributed by atoms with E-state index in [0.717, 1.165) is 25.1 Å². The first-order chi connectivity index (χ1) is 8.61. The Hall–Kier alpha value is -0.930. The van der Waals surface area contributed by atoms with E-state index >= 15 is 0 Å². The summed E-state index contributed by atoms with van der Waals surface area (Å²) in [4.78, 5) is 0. The molecule has 0 saturated heterocycles. The van der Waals surface area contributed by atoms with Crippen LogP contribution in [0.3, 0.4) is 0 Å². The molecule has 0 radical (unpaired) electrons. The molecule has 1 N–H and O–H groups in total. The summed E-state index contributed by atoms with van der Waals surface area (Å²) < 4.78 is 18.3. The van der Waals surface area contributed by atoms with Gasteiger partial charge in [0.05, 0.1) is 6.61 Å². The van der Waals surface area contributed by atoms with Crippen molar-refractivity contribution in [1.29, 1.82) is 0 Å². The summed E-state index contributed by atoms with van der Waals surface area (Å²) in [6.45, 7) is 6.98. The van der Waals surface area contributed by atoms with E-state index in [9.17, 15) is 4.39 Å². The van der Waals surface area contributed by atoms with Crippen LogP contribution in [0, 0.1) is 17.7 Å². The zero-order chi connectivity index (χ0) is 13.4. The lowest BCUT2D eigenvalue weighted by Gasteiger charge is -2.18. The summed E-state index contributed by atoms with van der Waals surface area (Å²) >= 11 is 0. The average Bonchev–Trinajstić information content (AvgIpc) is 2.28. The molecular formula is C15H24FNO. The molecule has 0 spiro atoms. The van der Waals surface area contributed by atoms with Crippen LogP contribution in [0.4, 0.5) is 4.39 Å². The molecule has 0 saturated carbocycles. The Morgan fingerprint density at radius 2 is 2.06 bits per heavy atom. The zero-order valence-electron chi connectivity index (χ0n) is 11.6. The maximum atomic E-state index is 13.1. The van der Waals surface area contributed by atoms with Crippen molar-refractivity contribution in [2.45, 2.75) is 20.3 Å². The van der Waals surface area contributed by atoms with Crippen LogP contribution in [-0.4, -0.2) is 26.8 Å². The first kappa shape index (κ1) is 15.1. The van der Waals surface area contributed by atoms with Gasteiger partial charge in [0.2, 0.25) is 0 Å². The summed E-state index contributed by atoms with van der Waals surface area (Å²) in [7, 11) is 1.71. The highest BCUT2D eigenvalue weighted by molar-refractivity contribution is 5.16. The van der Waals surface area contributed by atoms with Crippen LogP contribution >= 0.6 is 0 Å². The summed E-state index contributed by atoms with van der Waals surface area (Å²) in [5, 5.41) is 3.43. The van der Waals surface area contributed by atoms with Crippen LogP contribution in [0.2, 0.25) is 0 Å². The first-order valence-corrected chi connectivity index (χ1v) is 6.56. The van der Waals surface area contributed by atoms with E-state index in [1.165, 1.54) is 6.07 Å². The molecule has 1 aromatic rings. The molecule has 0 amide bonds. The van der Waals surface area contributed by atoms with Crippen LogP contribution < -0.4 is 5.32 Å². The molecule has 1 unspecified atom stereocenters. The van der Waals surface area contributed by atoms with Gasteiger partial charge in [0.15, 0.2) is 0 Å². The van der Waals surface area contributed by atoms with Crippen LogP contribution in [-0.2, 0) is 11.2 Å². The highest BCUT2D eigenvalue weighted by Gasteiger charge is 2.10. The molecule has 1 aromatic carbocycles. The minimum absolute atomic E-state index is 0.168. The molecule has 0 bridgehead atoms. The molecule has 0 aliphatic rings. The number of nitrogens with one attached hydrogen (secondary N) is 1. The number of rotatable bonds is 8. The van der Waals surface area contributed by atoms with Gasteiger partial charge in [-0.2, -0.15) is 0 Å². The Morgan fingerprint density at radius 3 is 2.67 bits per heavy atom. The third-order valence-corrected chi connectivity index (χ3v) is 2.80. The highest BCUT2D eigenvalue weighted by atomic mass is 19.1. The van der Waals surface area contributed by atoms with E-state index in [4.69, 9.17) is 4.74 Å². The van der Waals surface area contributed by atoms with Crippen molar-refractivity contribution in [2.24, 2.45) is 11.8 Å². The minimum atomic E-state index is -0.168. The molecule has 0 aliphatic carbocycles. The normalized spacial score (nSPS) is 12.9. The molecule has 102 valence electrons. The summed E-state index contributed by atoms with van der Waals surface area (Å²) in [5.41, 5.74) is 1.03. The Bertz CT molecular complexity index is 341. The number of methoxy groups -OCH3 is 1. The van der Waals surface area contributed by atoms with Crippen molar-refractivity contribution >= 4 is 0 Å². The van der Waals surface area contributed by atoms with E-state index in [1.807, 2.05) is 6.07 Å². The second kappa shape index (κ2) is 8.22. The number of ether oxygens (including phenoxy) is 1. The Kier molecular flexibility index (Phi) is 6.91. The van der Waals surface area contributed by atoms with Gasteiger partial charge in [-0.05, 0) is 42.5 Å². The maximum Gasteiger partial charge on any atom is 0.123 e. The van der Waals surface area contributed by atoms with E-state index < -0.39 is 0 Å². The van der Waals surface area contributed by atoms with E-state index in [1.54, 1.807) is 19.2 Å². The van der Waals surface area contributed by atoms with Crippen molar-refractivity contribution in [2.75, 3.05) is 26.8 Å². The standard InChI is InChI=1S/C15H24FNO/c1-12(2)9-17-10-14(11-18-3)7-13-5-4-6-15(16)8-13/h4-6,8,12,14,17H,7,9-11H2,1-3H3. The van der Waals surface area contributed by atoms with Gasteiger partial charge >= 0.3 is 0 Å². The van der Waals surface area contributed by atoms with Gasteiger partial charge in [0.25, 0.3) is 0 Å². The summed E-state index contributed by atoms with van der Waals surface area (Å²) in [5.74, 6) is 0.858. The second-order valence-corrected chi connectivity index (χ2v) is 5.21. The quantitative estimate of drug-likeness (QED) is 0.769. The molecule has 0 heterocycles. The first-order valence-electron chi connectivity index (χ1n) is 6.56. The average molecular weight is 253 g/mol. The van der Waals surface area contributed by atoms with E-state index in [0.29, 0.717) is 18.4 Å². The Morgan fingerprint density at radius 1 is 1.28 bits per heavy atom. The SMILES string of the molecule is COCC(CNCC(C)C)Cc1cccc(F)c1. The van der Waals surface area contributed by atoms with Gasteiger partial charge in [-0.3, -0.25) is 0 Å². The summed E-state index contributed by atoms with van der Waals surface area (Å²) in [6, 6.07) is 6.81. The lowest BCUT2D eigenvalue weighted by atomic mass is 9.99. The highest BCUT2D eigenvalue weighted by Crippen LogP contribution is 2.10. The Balaban J connectivity index is 2.46. The van der Waals surface area contributed by atoms with Crippen molar-refractivity contribution in [1.82, 2.24) is 5.32 Å². The largest absolute Gasteiger partial charge is 0.384 e. The fraction of sp³-hybridized carbons (Fsp3) is 0.600. The predicted molar refractivity (Wildman–Crippen MR) is 73.2 cm³/mol. The van der Waals surface area contributed by atoms with E-state index in [2.05, 4.69) is 19.2 Å². The number of hydrogen-bond acceptors (Lipinski definition) is 2. The van der Waals surface area contributed by atoms with Crippen LogP contribution in [0.1, 0.15) is 19.4 Å². The third kappa shape index (κ3) is 6.12. The fourth-order valence-electron chi connectivity index (χ4n) is 2.00. The van der Waals surface area contributed by atoms with Crippen LogP contribution in [0.15, 0.2) is 24.3 Å². The van der Waals surface area contributed by atoms with Crippen LogP contribution in [0.5, 0.6) is 0 Å². The van der Waals surface area contributed by atoms with Crippen LogP contribution in [0.25, 0.3) is 0 Å². The van der Waals surface area contributed by atoms with Gasteiger partial charge in [-0.1, -0.05) is 26.0 Å². The predicted octanol–water partition coefficient (Wildman–Crippen LogP) is 2.88. The van der Waals surface area contributed by atoms with Gasteiger partial charge < -0.3 is 10.1 Å². The molecule has 0 aliphatic heterocycles. The smallest absolute Gasteiger partial charge is 0.123 e. The third-order valence-electron chi connectivity index (χ3n) is 2.80. The van der Waals surface area contributed by atoms with Crippen molar-refractivity contribution in [3.63, 3.8) is 0 Å².